The van der Waals surface area contributed by atoms with Crippen LogP contribution in [0.25, 0.3) is 0 Å². The third kappa shape index (κ3) is 4.51. The molecule has 1 heterocycles. The van der Waals surface area contributed by atoms with E-state index in [2.05, 4.69) is 5.16 Å². The highest BCUT2D eigenvalue weighted by atomic mass is 32.2. The Hall–Kier alpha value is -1.84. The van der Waals surface area contributed by atoms with Gasteiger partial charge in [0.25, 0.3) is 0 Å². The van der Waals surface area contributed by atoms with Gasteiger partial charge in [-0.2, -0.15) is 4.31 Å². The van der Waals surface area contributed by atoms with E-state index in [1.165, 1.54) is 10.4 Å². The summed E-state index contributed by atoms with van der Waals surface area (Å²) in [5.41, 5.74) is 6.91. The van der Waals surface area contributed by atoms with E-state index in [1.807, 2.05) is 0 Å². The monoisotopic (exact) mass is 427 g/mol. The molecule has 0 aliphatic heterocycles. The quantitative estimate of drug-likeness (QED) is 0.764. The fraction of sp³-hybridized carbons (Fsp3) is 0.550. The molecule has 0 amide bonds. The lowest BCUT2D eigenvalue weighted by Crippen LogP contribution is -2.43. The molecule has 29 heavy (non-hydrogen) atoms. The van der Waals surface area contributed by atoms with Crippen molar-refractivity contribution in [3.63, 3.8) is 0 Å². The maximum atomic E-state index is 13.9. The largest absolute Gasteiger partial charge is 0.360 e. The molecule has 0 unspecified atom stereocenters. The third-order valence-corrected chi connectivity index (χ3v) is 8.08. The van der Waals surface area contributed by atoms with Crippen LogP contribution in [0.5, 0.6) is 0 Å². The fourth-order valence-corrected chi connectivity index (χ4v) is 5.90. The molecule has 0 bridgehead atoms. The molecular weight excluding hydrogens is 400 g/mol. The Morgan fingerprint density at radius 1 is 1.24 bits per heavy atom. The van der Waals surface area contributed by atoms with Crippen molar-refractivity contribution in [2.45, 2.75) is 62.9 Å². The molecule has 0 saturated heterocycles. The summed E-state index contributed by atoms with van der Waals surface area (Å²) in [5.74, 6) is -0.532. The van der Waals surface area contributed by atoms with Crippen LogP contribution in [0.2, 0.25) is 0 Å². The van der Waals surface area contributed by atoms with Crippen LogP contribution in [0.15, 0.2) is 27.6 Å². The van der Waals surface area contributed by atoms with Crippen molar-refractivity contribution < 1.29 is 21.7 Å². The maximum Gasteiger partial charge on any atom is 0.248 e. The lowest BCUT2D eigenvalue weighted by Gasteiger charge is -2.36. The number of nitrogens with zero attached hydrogens (tertiary/aromatic N) is 2. The molecule has 3 rings (SSSR count). The van der Waals surface area contributed by atoms with Gasteiger partial charge in [-0.05, 0) is 75.6 Å². The predicted octanol–water partition coefficient (Wildman–Crippen LogP) is 3.32. The predicted molar refractivity (Wildman–Crippen MR) is 105 cm³/mol. The fourth-order valence-electron chi connectivity index (χ4n) is 4.20. The number of nitrogens with two attached hydrogens (primary N) is 1. The van der Waals surface area contributed by atoms with Crippen molar-refractivity contribution >= 4 is 10.0 Å². The Kier molecular flexibility index (Phi) is 6.40. The van der Waals surface area contributed by atoms with Crippen molar-refractivity contribution in [1.29, 1.82) is 0 Å². The van der Waals surface area contributed by atoms with Gasteiger partial charge in [0.05, 0.1) is 0 Å². The SMILES string of the molecule is Cc1noc(C)c1S(=O)(=O)N(C)C1CCC([C@H](N)Cc2cc(F)ccc2F)CC1. The maximum absolute atomic E-state index is 13.9. The number of aryl methyl sites for hydroxylation is 2. The Balaban J connectivity index is 1.63. The number of hydrogen-bond acceptors (Lipinski definition) is 5. The van der Waals surface area contributed by atoms with E-state index < -0.39 is 21.7 Å². The van der Waals surface area contributed by atoms with Crippen molar-refractivity contribution in [2.75, 3.05) is 7.05 Å². The summed E-state index contributed by atoms with van der Waals surface area (Å²) in [6, 6.07) is 2.93. The second kappa shape index (κ2) is 8.49. The minimum atomic E-state index is -3.70. The average molecular weight is 428 g/mol. The van der Waals surface area contributed by atoms with E-state index in [9.17, 15) is 17.2 Å². The highest BCUT2D eigenvalue weighted by molar-refractivity contribution is 7.89. The summed E-state index contributed by atoms with van der Waals surface area (Å²) >= 11 is 0. The van der Waals surface area contributed by atoms with E-state index in [0.717, 1.165) is 25.0 Å². The van der Waals surface area contributed by atoms with Crippen LogP contribution in [0, 0.1) is 31.4 Å². The van der Waals surface area contributed by atoms with Gasteiger partial charge in [0.1, 0.15) is 22.2 Å². The summed E-state index contributed by atoms with van der Waals surface area (Å²) in [7, 11) is -2.12. The lowest BCUT2D eigenvalue weighted by molar-refractivity contribution is 0.214. The van der Waals surface area contributed by atoms with Crippen molar-refractivity contribution in [3.8, 4) is 0 Å². The van der Waals surface area contributed by atoms with Crippen LogP contribution >= 0.6 is 0 Å². The first-order valence-corrected chi connectivity index (χ1v) is 11.2. The molecule has 0 spiro atoms. The van der Waals surface area contributed by atoms with Crippen molar-refractivity contribution in [2.24, 2.45) is 11.7 Å². The summed E-state index contributed by atoms with van der Waals surface area (Å²) in [4.78, 5) is 0.125. The van der Waals surface area contributed by atoms with E-state index in [0.29, 0.717) is 18.5 Å². The normalized spacial score (nSPS) is 21.5. The molecule has 1 atom stereocenters. The summed E-state index contributed by atoms with van der Waals surface area (Å²) in [5, 5.41) is 3.74. The topological polar surface area (TPSA) is 89.4 Å². The van der Waals surface area contributed by atoms with Crippen LogP contribution in [0.3, 0.4) is 0 Å². The van der Waals surface area contributed by atoms with Crippen molar-refractivity contribution in [1.82, 2.24) is 9.46 Å². The highest BCUT2D eigenvalue weighted by Gasteiger charge is 2.36. The van der Waals surface area contributed by atoms with Crippen LogP contribution in [-0.4, -0.2) is 37.0 Å². The van der Waals surface area contributed by atoms with E-state index in [4.69, 9.17) is 10.3 Å². The molecule has 2 aromatic rings. The number of benzene rings is 1. The Labute approximate surface area is 170 Å². The average Bonchev–Trinajstić information content (AvgIpc) is 3.03. The Bertz CT molecular complexity index is 950. The second-order valence-electron chi connectivity index (χ2n) is 7.85. The van der Waals surface area contributed by atoms with Crippen LogP contribution in [0.1, 0.15) is 42.7 Å². The third-order valence-electron chi connectivity index (χ3n) is 5.93. The number of hydrogen-bond donors (Lipinski definition) is 1. The van der Waals surface area contributed by atoms with E-state index in [1.54, 1.807) is 20.9 Å². The zero-order chi connectivity index (χ0) is 21.3. The van der Waals surface area contributed by atoms with Crippen LogP contribution in [-0.2, 0) is 16.4 Å². The van der Waals surface area contributed by atoms with Gasteiger partial charge in [0.15, 0.2) is 5.76 Å². The second-order valence-corrected chi connectivity index (χ2v) is 9.78. The molecule has 1 aromatic heterocycles. The first-order valence-electron chi connectivity index (χ1n) is 9.71. The molecule has 1 saturated carbocycles. The van der Waals surface area contributed by atoms with Crippen LogP contribution < -0.4 is 5.73 Å². The van der Waals surface area contributed by atoms with Gasteiger partial charge < -0.3 is 10.3 Å². The van der Waals surface area contributed by atoms with Gasteiger partial charge in [-0.3, -0.25) is 0 Å². The van der Waals surface area contributed by atoms with E-state index >= 15 is 0 Å². The minimum absolute atomic E-state index is 0.125. The number of aromatic nitrogens is 1. The molecule has 1 aromatic carbocycles. The number of halogens is 2. The zero-order valence-corrected chi connectivity index (χ0v) is 17.7. The van der Waals surface area contributed by atoms with Crippen LogP contribution in [0.4, 0.5) is 8.78 Å². The zero-order valence-electron chi connectivity index (χ0n) is 16.9. The molecular formula is C20H27F2N3O3S. The van der Waals surface area contributed by atoms with Crippen molar-refractivity contribution in [3.05, 3.63) is 46.9 Å². The molecule has 9 heteroatoms. The molecule has 2 N–H and O–H groups in total. The first-order chi connectivity index (χ1) is 13.6. The number of rotatable bonds is 6. The van der Waals surface area contributed by atoms with Gasteiger partial charge in [-0.15, -0.1) is 0 Å². The highest BCUT2D eigenvalue weighted by Crippen LogP contribution is 2.33. The van der Waals surface area contributed by atoms with Gasteiger partial charge in [0.2, 0.25) is 10.0 Å². The molecule has 6 nitrogen and oxygen atoms in total. The number of sulfonamides is 1. The van der Waals surface area contributed by atoms with Gasteiger partial charge in [-0.1, -0.05) is 5.16 Å². The standard InChI is InChI=1S/C20H27F2N3O3S/c1-12-20(13(2)28-24-12)29(26,27)25(3)17-7-4-14(5-8-17)19(23)11-15-10-16(21)6-9-18(15)22/h6,9-10,14,17,19H,4-5,7-8,11,23H2,1-3H3/t14?,17?,19-/m1/s1. The minimum Gasteiger partial charge on any atom is -0.360 e. The molecule has 0 radical (unpaired) electrons. The lowest BCUT2D eigenvalue weighted by atomic mass is 9.80. The summed E-state index contributed by atoms with van der Waals surface area (Å²) < 4.78 is 59.6. The Morgan fingerprint density at radius 2 is 1.90 bits per heavy atom. The van der Waals surface area contributed by atoms with E-state index in [-0.39, 0.29) is 40.6 Å². The summed E-state index contributed by atoms with van der Waals surface area (Å²) in [6.45, 7) is 3.20. The van der Waals surface area contributed by atoms with Gasteiger partial charge >= 0.3 is 0 Å². The van der Waals surface area contributed by atoms with Gasteiger partial charge in [-0.25, -0.2) is 17.2 Å². The molecule has 1 aliphatic rings. The summed E-state index contributed by atoms with van der Waals surface area (Å²) in [6.07, 6.45) is 3.02. The molecule has 1 fully saturated rings. The Morgan fingerprint density at radius 3 is 2.48 bits per heavy atom. The first kappa shape index (κ1) is 21.9. The molecule has 160 valence electrons. The van der Waals surface area contributed by atoms with Gasteiger partial charge in [0, 0.05) is 19.1 Å². The molecule has 1 aliphatic carbocycles. The smallest absolute Gasteiger partial charge is 0.248 e.